The van der Waals surface area contributed by atoms with Gasteiger partial charge in [-0.2, -0.15) is 0 Å². The Labute approximate surface area is 127 Å². The highest BCUT2D eigenvalue weighted by molar-refractivity contribution is 5.79. The number of amides is 1. The molecule has 0 aromatic heterocycles. The molecule has 0 atom stereocenters. The molecule has 4 nitrogen and oxygen atoms in total. The molecule has 1 fully saturated rings. The number of hydrogen-bond donors (Lipinski definition) is 1. The van der Waals surface area contributed by atoms with Gasteiger partial charge >= 0.3 is 0 Å². The number of nitrogens with zero attached hydrogens (tertiary/aromatic N) is 1. The standard InChI is InChI=1S/C17H26N2O2/c1-13-6-8-14(9-7-13)21-10-15(20)19-12-16(2,3)18-11-17(19,4)5/h6-9,18H,10-12H2,1-5H3. The van der Waals surface area contributed by atoms with Gasteiger partial charge in [0.1, 0.15) is 5.75 Å². The van der Waals surface area contributed by atoms with Crippen molar-refractivity contribution in [3.8, 4) is 5.75 Å². The van der Waals surface area contributed by atoms with E-state index >= 15 is 0 Å². The minimum atomic E-state index is -0.191. The molecule has 1 aromatic rings. The minimum absolute atomic E-state index is 0.0372. The highest BCUT2D eigenvalue weighted by Crippen LogP contribution is 2.23. The van der Waals surface area contributed by atoms with Crippen LogP contribution >= 0.6 is 0 Å². The van der Waals surface area contributed by atoms with Crippen LogP contribution in [0, 0.1) is 6.92 Å². The lowest BCUT2D eigenvalue weighted by molar-refractivity contribution is -0.142. The molecule has 0 unspecified atom stereocenters. The third-order valence-corrected chi connectivity index (χ3v) is 3.97. The van der Waals surface area contributed by atoms with Gasteiger partial charge < -0.3 is 15.0 Å². The number of ether oxygens (including phenoxy) is 1. The molecule has 0 radical (unpaired) electrons. The molecule has 0 saturated carbocycles. The number of rotatable bonds is 3. The molecule has 4 heteroatoms. The first kappa shape index (κ1) is 15.8. The number of carbonyl (C=O) groups excluding carboxylic acids is 1. The largest absolute Gasteiger partial charge is 0.484 e. The lowest BCUT2D eigenvalue weighted by Crippen LogP contribution is -2.67. The number of nitrogens with one attached hydrogen (secondary N) is 1. The zero-order valence-electron chi connectivity index (χ0n) is 13.7. The lowest BCUT2D eigenvalue weighted by Gasteiger charge is -2.49. The van der Waals surface area contributed by atoms with E-state index in [-0.39, 0.29) is 23.6 Å². The molecule has 1 aliphatic heterocycles. The van der Waals surface area contributed by atoms with Gasteiger partial charge in [-0.3, -0.25) is 4.79 Å². The third-order valence-electron chi connectivity index (χ3n) is 3.97. The van der Waals surface area contributed by atoms with Gasteiger partial charge in [-0.15, -0.1) is 0 Å². The van der Waals surface area contributed by atoms with Crippen LogP contribution in [0.1, 0.15) is 33.3 Å². The summed E-state index contributed by atoms with van der Waals surface area (Å²) in [4.78, 5) is 14.4. The maximum atomic E-state index is 12.5. The average molecular weight is 290 g/mol. The minimum Gasteiger partial charge on any atom is -0.484 e. The maximum absolute atomic E-state index is 12.5. The summed E-state index contributed by atoms with van der Waals surface area (Å²) in [5.41, 5.74) is 0.928. The molecule has 1 saturated heterocycles. The summed E-state index contributed by atoms with van der Waals surface area (Å²) in [5.74, 6) is 0.774. The molecule has 1 amide bonds. The number of hydrogen-bond acceptors (Lipinski definition) is 3. The second-order valence-electron chi connectivity index (χ2n) is 7.13. The molecular weight excluding hydrogens is 264 g/mol. The Morgan fingerprint density at radius 2 is 1.86 bits per heavy atom. The molecule has 0 spiro atoms. The van der Waals surface area contributed by atoms with Crippen molar-refractivity contribution in [2.45, 2.75) is 45.7 Å². The van der Waals surface area contributed by atoms with Crippen molar-refractivity contribution >= 4 is 5.91 Å². The van der Waals surface area contributed by atoms with Crippen LogP contribution in [0.15, 0.2) is 24.3 Å². The zero-order valence-corrected chi connectivity index (χ0v) is 13.7. The Morgan fingerprint density at radius 3 is 2.48 bits per heavy atom. The van der Waals surface area contributed by atoms with Crippen LogP contribution in [0.2, 0.25) is 0 Å². The Morgan fingerprint density at radius 1 is 1.24 bits per heavy atom. The number of aryl methyl sites for hydroxylation is 1. The predicted molar refractivity (Wildman–Crippen MR) is 84.5 cm³/mol. The molecule has 21 heavy (non-hydrogen) atoms. The van der Waals surface area contributed by atoms with Gasteiger partial charge in [-0.25, -0.2) is 0 Å². The van der Waals surface area contributed by atoms with Gasteiger partial charge in [0.05, 0.1) is 0 Å². The number of carbonyl (C=O) groups is 1. The molecule has 116 valence electrons. The van der Waals surface area contributed by atoms with Crippen molar-refractivity contribution < 1.29 is 9.53 Å². The van der Waals surface area contributed by atoms with Crippen LogP contribution in [0.5, 0.6) is 5.75 Å². The number of benzene rings is 1. The summed E-state index contributed by atoms with van der Waals surface area (Å²) >= 11 is 0. The normalized spacial score (nSPS) is 20.1. The van der Waals surface area contributed by atoms with Crippen molar-refractivity contribution in [2.24, 2.45) is 0 Å². The summed E-state index contributed by atoms with van der Waals surface area (Å²) in [5, 5.41) is 3.48. The maximum Gasteiger partial charge on any atom is 0.261 e. The summed E-state index contributed by atoms with van der Waals surface area (Å²) in [6.45, 7) is 12.0. The first-order valence-corrected chi connectivity index (χ1v) is 7.45. The van der Waals surface area contributed by atoms with Crippen LogP contribution < -0.4 is 10.1 Å². The molecular formula is C17H26N2O2. The Kier molecular flexibility index (Phi) is 4.28. The van der Waals surface area contributed by atoms with E-state index in [1.54, 1.807) is 0 Å². The van der Waals surface area contributed by atoms with Crippen LogP contribution in [0.4, 0.5) is 0 Å². The van der Waals surface area contributed by atoms with E-state index in [0.717, 1.165) is 12.3 Å². The van der Waals surface area contributed by atoms with Crippen molar-refractivity contribution in [3.05, 3.63) is 29.8 Å². The van der Waals surface area contributed by atoms with E-state index in [1.807, 2.05) is 36.1 Å². The first-order valence-electron chi connectivity index (χ1n) is 7.45. The molecule has 0 aliphatic carbocycles. The van der Waals surface area contributed by atoms with Crippen molar-refractivity contribution in [3.63, 3.8) is 0 Å². The predicted octanol–water partition coefficient (Wildman–Crippen LogP) is 2.36. The van der Waals surface area contributed by atoms with E-state index in [0.29, 0.717) is 6.54 Å². The van der Waals surface area contributed by atoms with E-state index in [2.05, 4.69) is 33.0 Å². The van der Waals surface area contributed by atoms with Crippen molar-refractivity contribution in [2.75, 3.05) is 19.7 Å². The first-order chi connectivity index (χ1) is 9.70. The van der Waals surface area contributed by atoms with Gasteiger partial charge in [0, 0.05) is 24.2 Å². The second kappa shape index (κ2) is 5.68. The van der Waals surface area contributed by atoms with Crippen molar-refractivity contribution in [1.29, 1.82) is 0 Å². The molecule has 1 heterocycles. The van der Waals surface area contributed by atoms with Crippen LogP contribution in [0.25, 0.3) is 0 Å². The van der Waals surface area contributed by atoms with Crippen LogP contribution in [-0.2, 0) is 4.79 Å². The van der Waals surface area contributed by atoms with Gasteiger partial charge in [0.25, 0.3) is 5.91 Å². The second-order valence-corrected chi connectivity index (χ2v) is 7.13. The summed E-state index contributed by atoms with van der Waals surface area (Å²) < 4.78 is 5.63. The van der Waals surface area contributed by atoms with E-state index < -0.39 is 0 Å². The fraction of sp³-hybridized carbons (Fsp3) is 0.588. The van der Waals surface area contributed by atoms with Gasteiger partial charge in [-0.05, 0) is 46.8 Å². The van der Waals surface area contributed by atoms with Gasteiger partial charge in [0.2, 0.25) is 0 Å². The van der Waals surface area contributed by atoms with Gasteiger partial charge in [-0.1, -0.05) is 17.7 Å². The van der Waals surface area contributed by atoms with E-state index in [9.17, 15) is 4.79 Å². The molecule has 1 aromatic carbocycles. The third kappa shape index (κ3) is 3.97. The van der Waals surface area contributed by atoms with Gasteiger partial charge in [0.15, 0.2) is 6.61 Å². The summed E-state index contributed by atoms with van der Waals surface area (Å²) in [7, 11) is 0. The SMILES string of the molecule is Cc1ccc(OCC(=O)N2CC(C)(C)NCC2(C)C)cc1. The van der Waals surface area contributed by atoms with Crippen LogP contribution in [-0.4, -0.2) is 41.6 Å². The Bertz CT molecular complexity index is 506. The lowest BCUT2D eigenvalue weighted by atomic mass is 9.91. The fourth-order valence-corrected chi connectivity index (χ4v) is 2.50. The van der Waals surface area contributed by atoms with Crippen molar-refractivity contribution in [1.82, 2.24) is 10.2 Å². The summed E-state index contributed by atoms with van der Waals surface area (Å²) in [6, 6.07) is 7.76. The zero-order chi connectivity index (χ0) is 15.7. The monoisotopic (exact) mass is 290 g/mol. The average Bonchev–Trinajstić information content (AvgIpc) is 2.41. The highest BCUT2D eigenvalue weighted by Gasteiger charge is 2.40. The number of piperazine rings is 1. The van der Waals surface area contributed by atoms with E-state index in [1.165, 1.54) is 5.56 Å². The van der Waals surface area contributed by atoms with E-state index in [4.69, 9.17) is 4.74 Å². The topological polar surface area (TPSA) is 41.6 Å². The fourth-order valence-electron chi connectivity index (χ4n) is 2.50. The molecule has 1 aliphatic rings. The molecule has 2 rings (SSSR count). The highest BCUT2D eigenvalue weighted by atomic mass is 16.5. The molecule has 1 N–H and O–H groups in total. The van der Waals surface area contributed by atoms with Crippen LogP contribution in [0.3, 0.4) is 0 Å². The smallest absolute Gasteiger partial charge is 0.261 e. The quantitative estimate of drug-likeness (QED) is 0.929. The summed E-state index contributed by atoms with van der Waals surface area (Å²) in [6.07, 6.45) is 0. The Hall–Kier alpha value is -1.55. The Balaban J connectivity index is 1.99. The molecule has 0 bridgehead atoms.